The average molecular weight is 191 g/mol. The van der Waals surface area contributed by atoms with Crippen molar-refractivity contribution in [3.63, 3.8) is 0 Å². The van der Waals surface area contributed by atoms with Crippen LogP contribution in [0, 0.1) is 5.92 Å². The van der Waals surface area contributed by atoms with Crippen molar-refractivity contribution in [1.82, 2.24) is 0 Å². The maximum atomic E-state index is 8.77. The van der Waals surface area contributed by atoms with Gasteiger partial charge in [0.2, 0.25) is 0 Å². The van der Waals surface area contributed by atoms with Crippen LogP contribution < -0.4 is 0 Å². The van der Waals surface area contributed by atoms with Gasteiger partial charge in [0.05, 0.1) is 0 Å². The summed E-state index contributed by atoms with van der Waals surface area (Å²) in [7, 11) is 0. The summed E-state index contributed by atoms with van der Waals surface area (Å²) in [4.78, 5) is 0.453. The van der Waals surface area contributed by atoms with Gasteiger partial charge in [0.15, 0.2) is 0 Å². The summed E-state index contributed by atoms with van der Waals surface area (Å²) in [5.74, 6) is 0.356. The lowest BCUT2D eigenvalue weighted by Gasteiger charge is -2.06. The van der Waals surface area contributed by atoms with Crippen LogP contribution in [0.3, 0.4) is 0 Å². The van der Waals surface area contributed by atoms with E-state index in [0.717, 1.165) is 18.4 Å². The van der Waals surface area contributed by atoms with E-state index in [4.69, 9.17) is 5.11 Å². The molecule has 0 aromatic carbocycles. The normalized spacial score (nSPS) is 35.6. The van der Waals surface area contributed by atoms with E-state index in [9.17, 15) is 0 Å². The van der Waals surface area contributed by atoms with Crippen LogP contribution in [0.2, 0.25) is 0 Å². The number of aliphatic hydroxyl groups is 1. The van der Waals surface area contributed by atoms with E-state index >= 15 is 0 Å². The number of alkyl halides is 1. The minimum absolute atomic E-state index is 0.265. The average Bonchev–Trinajstić information content (AvgIpc) is 2.15. The van der Waals surface area contributed by atoms with E-state index in [-0.39, 0.29) is 6.61 Å². The lowest BCUT2D eigenvalue weighted by Crippen LogP contribution is -2.03. The molecule has 0 aromatic rings. The van der Waals surface area contributed by atoms with Crippen LogP contribution in [0.4, 0.5) is 0 Å². The van der Waals surface area contributed by atoms with Gasteiger partial charge in [-0.2, -0.15) is 0 Å². The van der Waals surface area contributed by atoms with E-state index in [1.54, 1.807) is 0 Å². The summed E-state index contributed by atoms with van der Waals surface area (Å²) in [6.07, 6.45) is 2.22. The van der Waals surface area contributed by atoms with Crippen molar-refractivity contribution in [2.24, 2.45) is 5.92 Å². The molecule has 9 heavy (non-hydrogen) atoms. The Balaban J connectivity index is 2.51. The van der Waals surface area contributed by atoms with Gasteiger partial charge in [-0.05, 0) is 12.8 Å². The number of hydrogen-bond donors (Lipinski definition) is 1. The fourth-order valence-electron chi connectivity index (χ4n) is 1.18. The molecular weight excluding hydrogens is 180 g/mol. The topological polar surface area (TPSA) is 20.2 Å². The summed E-state index contributed by atoms with van der Waals surface area (Å²) in [6.45, 7) is 4.15. The highest BCUT2D eigenvalue weighted by Crippen LogP contribution is 2.34. The molecule has 2 atom stereocenters. The molecule has 1 saturated carbocycles. The molecule has 0 unspecified atom stereocenters. The third kappa shape index (κ3) is 1.36. The first-order valence-electron chi connectivity index (χ1n) is 3.19. The number of hydrogen-bond acceptors (Lipinski definition) is 1. The Labute approximate surface area is 63.9 Å². The molecule has 0 amide bonds. The van der Waals surface area contributed by atoms with Crippen molar-refractivity contribution in [3.05, 3.63) is 12.2 Å². The van der Waals surface area contributed by atoms with Gasteiger partial charge in [-0.1, -0.05) is 28.1 Å². The molecule has 1 fully saturated rings. The van der Waals surface area contributed by atoms with Gasteiger partial charge in [0.1, 0.15) is 0 Å². The third-order valence-electron chi connectivity index (χ3n) is 1.92. The smallest absolute Gasteiger partial charge is 0.0496 e. The Hall–Kier alpha value is 0.180. The number of aliphatic hydroxyl groups excluding tert-OH is 1. The first-order chi connectivity index (χ1) is 4.25. The highest BCUT2D eigenvalue weighted by Gasteiger charge is 2.25. The summed E-state index contributed by atoms with van der Waals surface area (Å²) in [5, 5.41) is 8.77. The second-order valence-corrected chi connectivity index (χ2v) is 3.60. The maximum Gasteiger partial charge on any atom is 0.0496 e. The Bertz CT molecular complexity index is 122. The van der Waals surface area contributed by atoms with Crippen molar-refractivity contribution >= 4 is 15.9 Å². The van der Waals surface area contributed by atoms with Crippen LogP contribution in [0.5, 0.6) is 0 Å². The van der Waals surface area contributed by atoms with Gasteiger partial charge >= 0.3 is 0 Å². The standard InChI is InChI=1S/C7H11BrO/c1-5-6(4-9)2-3-7(5)8/h6-7,9H,1-4H2/t6-,7-/m0/s1. The molecule has 0 bridgehead atoms. The second kappa shape index (κ2) is 2.84. The molecule has 1 N–H and O–H groups in total. The number of halogens is 1. The molecule has 1 nitrogen and oxygen atoms in total. The first-order valence-corrected chi connectivity index (χ1v) is 4.11. The molecule has 1 aliphatic rings. The van der Waals surface area contributed by atoms with Gasteiger partial charge < -0.3 is 5.11 Å². The summed E-state index contributed by atoms with van der Waals surface area (Å²) in [6, 6.07) is 0. The van der Waals surface area contributed by atoms with E-state index in [1.807, 2.05) is 0 Å². The summed E-state index contributed by atoms with van der Waals surface area (Å²) in [5.41, 5.74) is 1.16. The lowest BCUT2D eigenvalue weighted by molar-refractivity contribution is 0.249. The fourth-order valence-corrected chi connectivity index (χ4v) is 1.82. The highest BCUT2D eigenvalue weighted by molar-refractivity contribution is 9.09. The van der Waals surface area contributed by atoms with Crippen molar-refractivity contribution in [3.8, 4) is 0 Å². The molecule has 0 saturated heterocycles. The molecule has 0 heterocycles. The fraction of sp³-hybridized carbons (Fsp3) is 0.714. The molecule has 0 radical (unpaired) electrons. The summed E-state index contributed by atoms with van der Waals surface area (Å²) >= 11 is 3.47. The Morgan fingerprint density at radius 1 is 1.67 bits per heavy atom. The molecule has 0 aromatic heterocycles. The van der Waals surface area contributed by atoms with Crippen molar-refractivity contribution < 1.29 is 5.11 Å². The van der Waals surface area contributed by atoms with Crippen LogP contribution in [0.1, 0.15) is 12.8 Å². The van der Waals surface area contributed by atoms with E-state index in [2.05, 4.69) is 22.5 Å². The molecule has 0 aliphatic heterocycles. The Morgan fingerprint density at radius 2 is 2.33 bits per heavy atom. The van der Waals surface area contributed by atoms with E-state index in [0.29, 0.717) is 10.7 Å². The second-order valence-electron chi connectivity index (χ2n) is 2.50. The quantitative estimate of drug-likeness (QED) is 0.494. The van der Waals surface area contributed by atoms with E-state index < -0.39 is 0 Å². The predicted molar refractivity (Wildman–Crippen MR) is 41.7 cm³/mol. The largest absolute Gasteiger partial charge is 0.396 e. The molecule has 2 heteroatoms. The van der Waals surface area contributed by atoms with Gasteiger partial charge in [0, 0.05) is 17.4 Å². The van der Waals surface area contributed by atoms with Crippen LogP contribution >= 0.6 is 15.9 Å². The summed E-state index contributed by atoms with van der Waals surface area (Å²) < 4.78 is 0. The minimum Gasteiger partial charge on any atom is -0.396 e. The SMILES string of the molecule is C=C1[C@H](CO)CC[C@@H]1Br. The van der Waals surface area contributed by atoms with Crippen molar-refractivity contribution in [2.45, 2.75) is 17.7 Å². The first kappa shape index (κ1) is 7.29. The zero-order valence-corrected chi connectivity index (χ0v) is 6.89. The molecular formula is C7H11BrO. The third-order valence-corrected chi connectivity index (χ3v) is 2.96. The molecule has 1 aliphatic carbocycles. The van der Waals surface area contributed by atoms with Gasteiger partial charge in [-0.3, -0.25) is 0 Å². The van der Waals surface area contributed by atoms with Crippen molar-refractivity contribution in [1.29, 1.82) is 0 Å². The highest BCUT2D eigenvalue weighted by atomic mass is 79.9. The van der Waals surface area contributed by atoms with Gasteiger partial charge in [-0.25, -0.2) is 0 Å². The molecule has 1 rings (SSSR count). The zero-order chi connectivity index (χ0) is 6.85. The van der Waals surface area contributed by atoms with Crippen LogP contribution in [-0.4, -0.2) is 16.5 Å². The predicted octanol–water partition coefficient (Wildman–Crippen LogP) is 1.71. The number of rotatable bonds is 1. The van der Waals surface area contributed by atoms with Crippen molar-refractivity contribution in [2.75, 3.05) is 6.61 Å². The minimum atomic E-state index is 0.265. The molecule has 0 spiro atoms. The Morgan fingerprint density at radius 3 is 2.56 bits per heavy atom. The molecule has 52 valence electrons. The van der Waals surface area contributed by atoms with Gasteiger partial charge in [-0.15, -0.1) is 0 Å². The van der Waals surface area contributed by atoms with Crippen LogP contribution in [-0.2, 0) is 0 Å². The van der Waals surface area contributed by atoms with Crippen LogP contribution in [0.25, 0.3) is 0 Å². The Kier molecular flexibility index (Phi) is 2.30. The van der Waals surface area contributed by atoms with Crippen LogP contribution in [0.15, 0.2) is 12.2 Å². The lowest BCUT2D eigenvalue weighted by atomic mass is 10.1. The van der Waals surface area contributed by atoms with E-state index in [1.165, 1.54) is 0 Å². The maximum absolute atomic E-state index is 8.77. The zero-order valence-electron chi connectivity index (χ0n) is 5.31. The van der Waals surface area contributed by atoms with Gasteiger partial charge in [0.25, 0.3) is 0 Å². The monoisotopic (exact) mass is 190 g/mol.